The lowest BCUT2D eigenvalue weighted by Crippen LogP contribution is -1.94. The second kappa shape index (κ2) is 4.67. The van der Waals surface area contributed by atoms with Gasteiger partial charge in [0.25, 0.3) is 0 Å². The van der Waals surface area contributed by atoms with Crippen LogP contribution in [0, 0.1) is 0 Å². The van der Waals surface area contributed by atoms with Crippen LogP contribution in [0.25, 0.3) is 22.8 Å². The van der Waals surface area contributed by atoms with Crippen molar-refractivity contribution in [1.29, 1.82) is 0 Å². The summed E-state index contributed by atoms with van der Waals surface area (Å²) in [6.07, 6.45) is 10.2. The van der Waals surface area contributed by atoms with Crippen LogP contribution in [-0.2, 0) is 0 Å². The SMILES string of the molecule is c1cnc(-c2cncc(-c3cccnc3)n2)nc1. The molecule has 0 N–H and O–H groups in total. The van der Waals surface area contributed by atoms with Crippen LogP contribution in [0.4, 0.5) is 0 Å². The Bertz CT molecular complexity index is 585. The third-order valence-electron chi connectivity index (χ3n) is 2.39. The molecule has 0 aliphatic rings. The quantitative estimate of drug-likeness (QED) is 0.679. The molecule has 0 fully saturated rings. The van der Waals surface area contributed by atoms with Crippen LogP contribution < -0.4 is 0 Å². The summed E-state index contributed by atoms with van der Waals surface area (Å²) in [5.41, 5.74) is 2.33. The lowest BCUT2D eigenvalue weighted by Gasteiger charge is -2.02. The van der Waals surface area contributed by atoms with E-state index in [0.717, 1.165) is 11.3 Å². The Hall–Kier alpha value is -2.69. The van der Waals surface area contributed by atoms with Gasteiger partial charge in [0, 0.05) is 30.4 Å². The maximum Gasteiger partial charge on any atom is 0.179 e. The fourth-order valence-electron chi connectivity index (χ4n) is 1.56. The Labute approximate surface area is 104 Å². The normalized spacial score (nSPS) is 10.2. The molecule has 5 heteroatoms. The van der Waals surface area contributed by atoms with Gasteiger partial charge in [-0.25, -0.2) is 15.0 Å². The Morgan fingerprint density at radius 3 is 2.33 bits per heavy atom. The molecule has 0 aromatic carbocycles. The van der Waals surface area contributed by atoms with Gasteiger partial charge in [0.15, 0.2) is 5.82 Å². The molecule has 3 aromatic rings. The Kier molecular flexibility index (Phi) is 2.71. The monoisotopic (exact) mass is 235 g/mol. The number of pyridine rings is 1. The Morgan fingerprint density at radius 2 is 1.56 bits per heavy atom. The zero-order chi connectivity index (χ0) is 12.2. The number of hydrogen-bond donors (Lipinski definition) is 0. The summed E-state index contributed by atoms with van der Waals surface area (Å²) in [7, 11) is 0. The van der Waals surface area contributed by atoms with Crippen molar-refractivity contribution in [3.8, 4) is 22.8 Å². The van der Waals surface area contributed by atoms with E-state index in [-0.39, 0.29) is 0 Å². The molecule has 0 spiro atoms. The molecule has 0 amide bonds. The van der Waals surface area contributed by atoms with Crippen LogP contribution in [0.2, 0.25) is 0 Å². The predicted molar refractivity (Wildman–Crippen MR) is 66.3 cm³/mol. The van der Waals surface area contributed by atoms with E-state index in [4.69, 9.17) is 0 Å². The van der Waals surface area contributed by atoms with Crippen LogP contribution >= 0.6 is 0 Å². The van der Waals surface area contributed by atoms with E-state index >= 15 is 0 Å². The van der Waals surface area contributed by atoms with Gasteiger partial charge in [0.05, 0.1) is 18.1 Å². The van der Waals surface area contributed by atoms with E-state index in [1.165, 1.54) is 0 Å². The number of aromatic nitrogens is 5. The molecule has 86 valence electrons. The molecule has 18 heavy (non-hydrogen) atoms. The number of hydrogen-bond acceptors (Lipinski definition) is 5. The summed E-state index contributed by atoms with van der Waals surface area (Å²) in [6, 6.07) is 5.57. The van der Waals surface area contributed by atoms with Crippen molar-refractivity contribution in [3.63, 3.8) is 0 Å². The van der Waals surface area contributed by atoms with Crippen molar-refractivity contribution in [2.45, 2.75) is 0 Å². The minimum atomic E-state index is 0.566. The van der Waals surface area contributed by atoms with Crippen LogP contribution in [0.3, 0.4) is 0 Å². The second-order valence-electron chi connectivity index (χ2n) is 3.60. The molecule has 0 aliphatic heterocycles. The average Bonchev–Trinajstić information content (AvgIpc) is 2.49. The first-order valence-corrected chi connectivity index (χ1v) is 5.43. The summed E-state index contributed by atoms with van der Waals surface area (Å²) in [6.45, 7) is 0. The number of nitrogens with zero attached hydrogens (tertiary/aromatic N) is 5. The zero-order valence-corrected chi connectivity index (χ0v) is 9.43. The summed E-state index contributed by atoms with van der Waals surface area (Å²) >= 11 is 0. The van der Waals surface area contributed by atoms with Crippen molar-refractivity contribution in [3.05, 3.63) is 55.4 Å². The summed E-state index contributed by atoms with van der Waals surface area (Å²) in [4.78, 5) is 21.0. The van der Waals surface area contributed by atoms with Gasteiger partial charge >= 0.3 is 0 Å². The van der Waals surface area contributed by atoms with E-state index in [1.807, 2.05) is 12.1 Å². The van der Waals surface area contributed by atoms with Crippen LogP contribution in [0.15, 0.2) is 55.4 Å². The fourth-order valence-corrected chi connectivity index (χ4v) is 1.56. The van der Waals surface area contributed by atoms with Crippen molar-refractivity contribution < 1.29 is 0 Å². The molecule has 0 saturated heterocycles. The third kappa shape index (κ3) is 2.06. The van der Waals surface area contributed by atoms with Gasteiger partial charge in [0.2, 0.25) is 0 Å². The smallest absolute Gasteiger partial charge is 0.179 e. The van der Waals surface area contributed by atoms with E-state index in [9.17, 15) is 0 Å². The molecule has 3 aromatic heterocycles. The fraction of sp³-hybridized carbons (Fsp3) is 0. The molecule has 3 rings (SSSR count). The maximum atomic E-state index is 4.49. The predicted octanol–water partition coefficient (Wildman–Crippen LogP) is 2.00. The lowest BCUT2D eigenvalue weighted by molar-refractivity contribution is 1.11. The van der Waals surface area contributed by atoms with Crippen LogP contribution in [-0.4, -0.2) is 24.9 Å². The molecule has 3 heterocycles. The van der Waals surface area contributed by atoms with Crippen molar-refractivity contribution >= 4 is 0 Å². The second-order valence-corrected chi connectivity index (χ2v) is 3.60. The van der Waals surface area contributed by atoms with E-state index in [1.54, 1.807) is 43.2 Å². The highest BCUT2D eigenvalue weighted by Crippen LogP contribution is 2.17. The van der Waals surface area contributed by atoms with Gasteiger partial charge in [-0.2, -0.15) is 0 Å². The van der Waals surface area contributed by atoms with E-state index < -0.39 is 0 Å². The van der Waals surface area contributed by atoms with Crippen molar-refractivity contribution in [2.24, 2.45) is 0 Å². The van der Waals surface area contributed by atoms with Crippen LogP contribution in [0.5, 0.6) is 0 Å². The van der Waals surface area contributed by atoms with Gasteiger partial charge < -0.3 is 0 Å². The Balaban J connectivity index is 2.05. The van der Waals surface area contributed by atoms with Gasteiger partial charge in [-0.05, 0) is 18.2 Å². The van der Waals surface area contributed by atoms with E-state index in [2.05, 4.69) is 24.9 Å². The topological polar surface area (TPSA) is 64.5 Å². The minimum absolute atomic E-state index is 0.566. The molecule has 0 atom stereocenters. The van der Waals surface area contributed by atoms with Crippen molar-refractivity contribution in [1.82, 2.24) is 24.9 Å². The molecular weight excluding hydrogens is 226 g/mol. The lowest BCUT2D eigenvalue weighted by atomic mass is 10.2. The summed E-state index contributed by atoms with van der Waals surface area (Å²) < 4.78 is 0. The molecule has 0 saturated carbocycles. The molecular formula is C13H9N5. The summed E-state index contributed by atoms with van der Waals surface area (Å²) in [5, 5.41) is 0. The Morgan fingerprint density at radius 1 is 0.722 bits per heavy atom. The first-order chi connectivity index (χ1) is 8.93. The molecule has 5 nitrogen and oxygen atoms in total. The molecule has 0 aliphatic carbocycles. The highest BCUT2D eigenvalue weighted by molar-refractivity contribution is 5.60. The largest absolute Gasteiger partial charge is 0.264 e. The zero-order valence-electron chi connectivity index (χ0n) is 9.43. The van der Waals surface area contributed by atoms with Gasteiger partial charge in [-0.3, -0.25) is 9.97 Å². The minimum Gasteiger partial charge on any atom is -0.264 e. The highest BCUT2D eigenvalue weighted by atomic mass is 14.9. The first kappa shape index (κ1) is 10.5. The van der Waals surface area contributed by atoms with Crippen molar-refractivity contribution in [2.75, 3.05) is 0 Å². The average molecular weight is 235 g/mol. The number of rotatable bonds is 2. The van der Waals surface area contributed by atoms with Crippen LogP contribution in [0.1, 0.15) is 0 Å². The maximum absolute atomic E-state index is 4.49. The summed E-state index contributed by atoms with van der Waals surface area (Å²) in [5.74, 6) is 0.566. The molecule has 0 unspecified atom stereocenters. The highest BCUT2D eigenvalue weighted by Gasteiger charge is 2.05. The molecule has 0 bridgehead atoms. The van der Waals surface area contributed by atoms with Gasteiger partial charge in [-0.15, -0.1) is 0 Å². The van der Waals surface area contributed by atoms with Gasteiger partial charge in [0.1, 0.15) is 5.69 Å². The third-order valence-corrected chi connectivity index (χ3v) is 2.39. The van der Waals surface area contributed by atoms with E-state index in [0.29, 0.717) is 11.5 Å². The van der Waals surface area contributed by atoms with Gasteiger partial charge in [-0.1, -0.05) is 0 Å². The molecule has 0 radical (unpaired) electrons. The standard InChI is InChI=1S/C13H9N5/c1-3-10(7-14-4-1)11-8-15-9-12(18-11)13-16-5-2-6-17-13/h1-9H. The first-order valence-electron chi connectivity index (χ1n) is 5.43.